The van der Waals surface area contributed by atoms with Gasteiger partial charge >= 0.3 is 18.2 Å². The maximum Gasteiger partial charge on any atom is 0.405 e. The second-order valence-corrected chi connectivity index (χ2v) is 5.92. The van der Waals surface area contributed by atoms with Gasteiger partial charge in [0, 0.05) is 5.56 Å². The Morgan fingerprint density at radius 2 is 1.86 bits per heavy atom. The second kappa shape index (κ2) is 7.40. The van der Waals surface area contributed by atoms with Crippen LogP contribution in [0.15, 0.2) is 18.2 Å². The first kappa shape index (κ1) is 21.1. The van der Waals surface area contributed by atoms with Crippen LogP contribution in [0.2, 0.25) is 0 Å². The minimum atomic E-state index is -4.71. The van der Waals surface area contributed by atoms with Crippen LogP contribution in [0.5, 0.6) is 0 Å². The zero-order valence-electron chi connectivity index (χ0n) is 14.1. The van der Waals surface area contributed by atoms with Crippen molar-refractivity contribution in [3.05, 3.63) is 35.4 Å². The molecule has 0 saturated carbocycles. The number of carbonyl (C=O) groups excluding carboxylic acids is 4. The van der Waals surface area contributed by atoms with E-state index in [1.807, 2.05) is 0 Å². The predicted molar refractivity (Wildman–Crippen MR) is 81.6 cm³/mol. The fraction of sp³-hybridized carbons (Fsp3) is 0.333. The van der Waals surface area contributed by atoms with Crippen molar-refractivity contribution < 1.29 is 41.1 Å². The molecule has 0 unspecified atom stereocenters. The molecule has 1 atom stereocenters. The van der Waals surface area contributed by atoms with Gasteiger partial charge in [-0.05, 0) is 25.1 Å². The molecule has 0 bridgehead atoms. The molecule has 3 N–H and O–H groups in total. The third kappa shape index (κ3) is 4.53. The Morgan fingerprint density at radius 3 is 2.46 bits per heavy atom. The van der Waals surface area contributed by atoms with Gasteiger partial charge in [-0.3, -0.25) is 19.8 Å². The average molecular weight is 408 g/mol. The molecule has 28 heavy (non-hydrogen) atoms. The van der Waals surface area contributed by atoms with Crippen LogP contribution < -0.4 is 16.0 Å². The molecule has 13 heteroatoms. The topological polar surface area (TPSA) is 108 Å². The number of alkyl halides is 3. The van der Waals surface area contributed by atoms with Crippen LogP contribution in [-0.2, 0) is 15.1 Å². The Labute approximate surface area is 154 Å². The monoisotopic (exact) mass is 408 g/mol. The first-order chi connectivity index (χ1) is 12.8. The number of rotatable bonds is 4. The van der Waals surface area contributed by atoms with Crippen LogP contribution in [0, 0.1) is 11.6 Å². The molecular weight excluding hydrogens is 395 g/mol. The average Bonchev–Trinajstić information content (AvgIpc) is 2.78. The SMILES string of the molecule is C[C@]1(c2cc(F)ccc2F)NC(=O)N(CC(=O)NC(=O)NCC(F)(F)F)C1=O. The lowest BCUT2D eigenvalue weighted by molar-refractivity contribution is -0.134. The number of benzene rings is 1. The lowest BCUT2D eigenvalue weighted by atomic mass is 9.91. The standard InChI is InChI=1S/C15H13F5N4O4/c1-14(8-4-7(16)2-3-9(8)17)11(26)24(13(28)23-14)5-10(25)22-12(27)21-6-15(18,19)20/h2-4H,5-6H2,1H3,(H,23,28)(H2,21,22,25,27)/t14-/m1/s1. The summed E-state index contributed by atoms with van der Waals surface area (Å²) < 4.78 is 63.4. The summed E-state index contributed by atoms with van der Waals surface area (Å²) in [5, 5.41) is 5.00. The van der Waals surface area contributed by atoms with Crippen LogP contribution in [0.1, 0.15) is 12.5 Å². The maximum atomic E-state index is 14.0. The lowest BCUT2D eigenvalue weighted by Gasteiger charge is -2.22. The molecule has 152 valence electrons. The first-order valence-electron chi connectivity index (χ1n) is 7.57. The van der Waals surface area contributed by atoms with Gasteiger partial charge in [0.15, 0.2) is 0 Å². The van der Waals surface area contributed by atoms with E-state index in [9.17, 15) is 41.1 Å². The number of amides is 6. The Bertz CT molecular complexity index is 844. The summed E-state index contributed by atoms with van der Waals surface area (Å²) in [4.78, 5) is 47.8. The van der Waals surface area contributed by atoms with Gasteiger partial charge in [-0.2, -0.15) is 13.2 Å². The first-order valence-corrected chi connectivity index (χ1v) is 7.57. The van der Waals surface area contributed by atoms with Crippen LogP contribution in [0.25, 0.3) is 0 Å². The second-order valence-electron chi connectivity index (χ2n) is 5.92. The van der Waals surface area contributed by atoms with Gasteiger partial charge in [0.25, 0.3) is 5.91 Å². The molecule has 1 aliphatic rings. The number of nitrogens with zero attached hydrogens (tertiary/aromatic N) is 1. The summed E-state index contributed by atoms with van der Waals surface area (Å²) in [6.07, 6.45) is -4.71. The van der Waals surface area contributed by atoms with Crippen molar-refractivity contribution in [2.75, 3.05) is 13.1 Å². The van der Waals surface area contributed by atoms with Gasteiger partial charge < -0.3 is 10.6 Å². The molecule has 1 aromatic carbocycles. The third-order valence-corrected chi connectivity index (χ3v) is 3.75. The van der Waals surface area contributed by atoms with Crippen molar-refractivity contribution in [1.29, 1.82) is 0 Å². The van der Waals surface area contributed by atoms with Crippen molar-refractivity contribution in [2.45, 2.75) is 18.6 Å². The highest BCUT2D eigenvalue weighted by atomic mass is 19.4. The normalized spacial score (nSPS) is 19.4. The van der Waals surface area contributed by atoms with Gasteiger partial charge in [-0.15, -0.1) is 0 Å². The summed E-state index contributed by atoms with van der Waals surface area (Å²) in [5.74, 6) is -4.26. The Hall–Kier alpha value is -3.25. The number of hydrogen-bond acceptors (Lipinski definition) is 4. The Balaban J connectivity index is 2.08. The Kier molecular flexibility index (Phi) is 5.57. The summed E-state index contributed by atoms with van der Waals surface area (Å²) in [7, 11) is 0. The lowest BCUT2D eigenvalue weighted by Crippen LogP contribution is -2.48. The molecule has 2 rings (SSSR count). The molecule has 1 saturated heterocycles. The van der Waals surface area contributed by atoms with E-state index in [0.717, 1.165) is 19.1 Å². The van der Waals surface area contributed by atoms with E-state index < -0.39 is 65.9 Å². The van der Waals surface area contributed by atoms with Crippen LogP contribution in [0.3, 0.4) is 0 Å². The van der Waals surface area contributed by atoms with Crippen LogP contribution in [-0.4, -0.2) is 48.0 Å². The van der Waals surface area contributed by atoms with E-state index in [0.29, 0.717) is 11.0 Å². The molecule has 1 aliphatic heterocycles. The zero-order chi connectivity index (χ0) is 21.3. The molecule has 0 aliphatic carbocycles. The predicted octanol–water partition coefficient (Wildman–Crippen LogP) is 1.12. The van der Waals surface area contributed by atoms with Gasteiger partial charge in [0.2, 0.25) is 5.91 Å². The molecule has 8 nitrogen and oxygen atoms in total. The van der Waals surface area contributed by atoms with E-state index in [-0.39, 0.29) is 0 Å². The molecule has 0 aromatic heterocycles. The fourth-order valence-corrected chi connectivity index (χ4v) is 2.44. The number of nitrogens with one attached hydrogen (secondary N) is 3. The van der Waals surface area contributed by atoms with E-state index in [2.05, 4.69) is 5.32 Å². The van der Waals surface area contributed by atoms with Crippen molar-refractivity contribution in [3.63, 3.8) is 0 Å². The highest BCUT2D eigenvalue weighted by Gasteiger charge is 2.51. The van der Waals surface area contributed by atoms with Gasteiger partial charge in [0.05, 0.1) is 0 Å². The number of imide groups is 2. The summed E-state index contributed by atoms with van der Waals surface area (Å²) >= 11 is 0. The van der Waals surface area contributed by atoms with E-state index in [4.69, 9.17) is 0 Å². The zero-order valence-corrected chi connectivity index (χ0v) is 14.1. The van der Waals surface area contributed by atoms with E-state index in [1.165, 1.54) is 10.6 Å². The number of hydrogen-bond donors (Lipinski definition) is 3. The molecule has 1 aromatic rings. The highest BCUT2D eigenvalue weighted by molar-refractivity contribution is 6.10. The van der Waals surface area contributed by atoms with Gasteiger partial charge in [0.1, 0.15) is 30.3 Å². The van der Waals surface area contributed by atoms with Crippen molar-refractivity contribution in [2.24, 2.45) is 0 Å². The highest BCUT2D eigenvalue weighted by Crippen LogP contribution is 2.31. The number of carbonyl (C=O) groups is 4. The smallest absolute Gasteiger partial charge is 0.329 e. The van der Waals surface area contributed by atoms with Gasteiger partial charge in [-0.1, -0.05) is 0 Å². The number of halogens is 5. The molecule has 0 spiro atoms. The van der Waals surface area contributed by atoms with Crippen LogP contribution >= 0.6 is 0 Å². The molecule has 1 fully saturated rings. The minimum absolute atomic E-state index is 0.316. The Morgan fingerprint density at radius 1 is 1.21 bits per heavy atom. The molecule has 6 amide bonds. The van der Waals surface area contributed by atoms with Crippen molar-refractivity contribution in [1.82, 2.24) is 20.9 Å². The van der Waals surface area contributed by atoms with Crippen molar-refractivity contribution >= 4 is 23.9 Å². The van der Waals surface area contributed by atoms with Crippen molar-refractivity contribution in [3.8, 4) is 0 Å². The minimum Gasteiger partial charge on any atom is -0.329 e. The molecule has 0 radical (unpaired) electrons. The maximum absolute atomic E-state index is 14.0. The van der Waals surface area contributed by atoms with Crippen LogP contribution in [0.4, 0.5) is 31.5 Å². The van der Waals surface area contributed by atoms with E-state index in [1.54, 1.807) is 0 Å². The largest absolute Gasteiger partial charge is 0.405 e. The number of urea groups is 2. The fourth-order valence-electron chi connectivity index (χ4n) is 2.44. The van der Waals surface area contributed by atoms with Gasteiger partial charge in [-0.25, -0.2) is 18.4 Å². The summed E-state index contributed by atoms with van der Waals surface area (Å²) in [5.41, 5.74) is -2.51. The quantitative estimate of drug-likeness (QED) is 0.513. The molecule has 1 heterocycles. The molecular formula is C15H13F5N4O4. The summed E-state index contributed by atoms with van der Waals surface area (Å²) in [6, 6.07) is -0.388. The third-order valence-electron chi connectivity index (χ3n) is 3.75. The van der Waals surface area contributed by atoms with E-state index >= 15 is 0 Å². The summed E-state index contributed by atoms with van der Waals surface area (Å²) in [6.45, 7) is -1.65.